The lowest BCUT2D eigenvalue weighted by molar-refractivity contribution is -0.139. The van der Waals surface area contributed by atoms with Crippen LogP contribution in [0.4, 0.5) is 0 Å². The molecule has 0 fully saturated rings. The molecule has 0 spiro atoms. The lowest BCUT2D eigenvalue weighted by atomic mass is 9.86. The summed E-state index contributed by atoms with van der Waals surface area (Å²) in [6, 6.07) is 5.83. The zero-order valence-corrected chi connectivity index (χ0v) is 9.15. The number of aliphatic hydroxyl groups is 1. The van der Waals surface area contributed by atoms with Crippen molar-refractivity contribution >= 4 is 5.97 Å². The molecule has 0 unspecified atom stereocenters. The second kappa shape index (κ2) is 4.66. The van der Waals surface area contributed by atoms with E-state index < -0.39 is 12.1 Å². The Labute approximate surface area is 94.7 Å². The first-order valence-electron chi connectivity index (χ1n) is 5.69. The van der Waals surface area contributed by atoms with Crippen LogP contribution in [0, 0.1) is 0 Å². The summed E-state index contributed by atoms with van der Waals surface area (Å²) < 4.78 is 0. The van der Waals surface area contributed by atoms with E-state index in [9.17, 15) is 9.90 Å². The summed E-state index contributed by atoms with van der Waals surface area (Å²) >= 11 is 0. The summed E-state index contributed by atoms with van der Waals surface area (Å²) in [7, 11) is 0. The first-order chi connectivity index (χ1) is 7.68. The van der Waals surface area contributed by atoms with Gasteiger partial charge in [0.15, 0.2) is 0 Å². The molecule has 0 radical (unpaired) electrons. The average molecular weight is 220 g/mol. The molecular weight excluding hydrogens is 204 g/mol. The van der Waals surface area contributed by atoms with Gasteiger partial charge in [-0.25, -0.2) is 0 Å². The molecule has 1 aliphatic rings. The number of hydrogen-bond donors (Lipinski definition) is 2. The molecule has 16 heavy (non-hydrogen) atoms. The van der Waals surface area contributed by atoms with Gasteiger partial charge in [-0.1, -0.05) is 18.2 Å². The van der Waals surface area contributed by atoms with Crippen molar-refractivity contribution in [2.24, 2.45) is 0 Å². The van der Waals surface area contributed by atoms with E-state index in [2.05, 4.69) is 6.07 Å². The number of rotatable bonds is 3. The van der Waals surface area contributed by atoms with E-state index >= 15 is 0 Å². The van der Waals surface area contributed by atoms with E-state index in [0.29, 0.717) is 0 Å². The molecule has 0 aliphatic heterocycles. The molecule has 1 aliphatic carbocycles. The number of aryl methyl sites for hydroxylation is 1. The number of benzene rings is 1. The smallest absolute Gasteiger partial charge is 0.306 e. The van der Waals surface area contributed by atoms with Gasteiger partial charge in [-0.3, -0.25) is 4.79 Å². The Hall–Kier alpha value is -1.35. The third-order valence-corrected chi connectivity index (χ3v) is 3.16. The molecule has 0 saturated heterocycles. The summed E-state index contributed by atoms with van der Waals surface area (Å²) in [6.45, 7) is 0. The van der Waals surface area contributed by atoms with Gasteiger partial charge in [0, 0.05) is 0 Å². The summed E-state index contributed by atoms with van der Waals surface area (Å²) in [5.74, 6) is -0.957. The molecule has 0 bridgehead atoms. The fraction of sp³-hybridized carbons (Fsp3) is 0.462. The zero-order chi connectivity index (χ0) is 11.5. The molecule has 1 aromatic rings. The first kappa shape index (κ1) is 11.1. The van der Waals surface area contributed by atoms with E-state index in [1.165, 1.54) is 17.5 Å². The number of carboxylic acids is 1. The van der Waals surface area contributed by atoms with Gasteiger partial charge < -0.3 is 10.2 Å². The molecular formula is C13H16O3. The Balaban J connectivity index is 2.29. The Morgan fingerprint density at radius 1 is 1.31 bits per heavy atom. The van der Waals surface area contributed by atoms with Crippen molar-refractivity contribution < 1.29 is 15.0 Å². The Morgan fingerprint density at radius 2 is 2.06 bits per heavy atom. The van der Waals surface area contributed by atoms with Crippen molar-refractivity contribution in [3.8, 4) is 0 Å². The SMILES string of the molecule is O=C(O)C[C@H](O)c1cccc2c1CCCC2. The quantitative estimate of drug-likeness (QED) is 0.819. The van der Waals surface area contributed by atoms with Crippen LogP contribution in [0.15, 0.2) is 18.2 Å². The van der Waals surface area contributed by atoms with Gasteiger partial charge in [0.25, 0.3) is 0 Å². The molecule has 86 valence electrons. The maximum absolute atomic E-state index is 10.6. The van der Waals surface area contributed by atoms with Crippen LogP contribution in [0.1, 0.15) is 42.1 Å². The van der Waals surface area contributed by atoms with E-state index in [-0.39, 0.29) is 6.42 Å². The van der Waals surface area contributed by atoms with Crippen LogP contribution in [-0.4, -0.2) is 16.2 Å². The van der Waals surface area contributed by atoms with Crippen molar-refractivity contribution in [2.75, 3.05) is 0 Å². The second-order valence-corrected chi connectivity index (χ2v) is 4.31. The fourth-order valence-corrected chi connectivity index (χ4v) is 2.40. The Kier molecular flexibility index (Phi) is 3.25. The number of hydrogen-bond acceptors (Lipinski definition) is 2. The third-order valence-electron chi connectivity index (χ3n) is 3.16. The first-order valence-corrected chi connectivity index (χ1v) is 5.69. The van der Waals surface area contributed by atoms with Gasteiger partial charge in [0.2, 0.25) is 0 Å². The van der Waals surface area contributed by atoms with Gasteiger partial charge in [-0.2, -0.15) is 0 Å². The second-order valence-electron chi connectivity index (χ2n) is 4.31. The van der Waals surface area contributed by atoms with Gasteiger partial charge in [-0.05, 0) is 42.4 Å². The van der Waals surface area contributed by atoms with Crippen LogP contribution < -0.4 is 0 Å². The number of aliphatic carboxylic acids is 1. The Bertz CT molecular complexity index is 398. The predicted octanol–water partition coefficient (Wildman–Crippen LogP) is 2.07. The molecule has 2 N–H and O–H groups in total. The van der Waals surface area contributed by atoms with Crippen LogP contribution in [-0.2, 0) is 17.6 Å². The van der Waals surface area contributed by atoms with Crippen molar-refractivity contribution in [2.45, 2.75) is 38.2 Å². The van der Waals surface area contributed by atoms with E-state index in [1.54, 1.807) is 0 Å². The van der Waals surface area contributed by atoms with Crippen molar-refractivity contribution in [3.05, 3.63) is 34.9 Å². The van der Waals surface area contributed by atoms with E-state index in [1.807, 2.05) is 12.1 Å². The van der Waals surface area contributed by atoms with Gasteiger partial charge >= 0.3 is 5.97 Å². The number of fused-ring (bicyclic) bond motifs is 1. The maximum Gasteiger partial charge on any atom is 0.306 e. The van der Waals surface area contributed by atoms with Crippen LogP contribution in [0.5, 0.6) is 0 Å². The van der Waals surface area contributed by atoms with Gasteiger partial charge in [0.1, 0.15) is 0 Å². The molecule has 3 heteroatoms. The lowest BCUT2D eigenvalue weighted by Crippen LogP contribution is -2.12. The highest BCUT2D eigenvalue weighted by Gasteiger charge is 2.19. The largest absolute Gasteiger partial charge is 0.481 e. The minimum Gasteiger partial charge on any atom is -0.481 e. The monoisotopic (exact) mass is 220 g/mol. The van der Waals surface area contributed by atoms with Crippen LogP contribution in [0.2, 0.25) is 0 Å². The Morgan fingerprint density at radius 3 is 2.81 bits per heavy atom. The standard InChI is InChI=1S/C13H16O3/c14-12(8-13(15)16)11-7-3-5-9-4-1-2-6-10(9)11/h3,5,7,12,14H,1-2,4,6,8H2,(H,15,16)/t12-/m0/s1. The highest BCUT2D eigenvalue weighted by molar-refractivity contribution is 5.67. The summed E-state index contributed by atoms with van der Waals surface area (Å²) in [5, 5.41) is 18.6. The highest BCUT2D eigenvalue weighted by atomic mass is 16.4. The van der Waals surface area contributed by atoms with Crippen LogP contribution in [0.3, 0.4) is 0 Å². The normalized spacial score (nSPS) is 16.6. The van der Waals surface area contributed by atoms with Crippen molar-refractivity contribution in [3.63, 3.8) is 0 Å². The topological polar surface area (TPSA) is 57.5 Å². The van der Waals surface area contributed by atoms with Crippen molar-refractivity contribution in [1.29, 1.82) is 0 Å². The molecule has 0 aromatic heterocycles. The van der Waals surface area contributed by atoms with E-state index in [0.717, 1.165) is 24.8 Å². The third kappa shape index (κ3) is 2.25. The molecule has 3 nitrogen and oxygen atoms in total. The highest BCUT2D eigenvalue weighted by Crippen LogP contribution is 2.29. The molecule has 0 amide bonds. The van der Waals surface area contributed by atoms with Crippen molar-refractivity contribution in [1.82, 2.24) is 0 Å². The summed E-state index contributed by atoms with van der Waals surface area (Å²) in [5.41, 5.74) is 3.25. The average Bonchev–Trinajstić information content (AvgIpc) is 2.27. The zero-order valence-electron chi connectivity index (χ0n) is 9.15. The summed E-state index contributed by atoms with van der Waals surface area (Å²) in [4.78, 5) is 10.6. The maximum atomic E-state index is 10.6. The molecule has 0 heterocycles. The minimum atomic E-state index is -0.957. The lowest BCUT2D eigenvalue weighted by Gasteiger charge is -2.21. The fourth-order valence-electron chi connectivity index (χ4n) is 2.40. The summed E-state index contributed by atoms with van der Waals surface area (Å²) in [6.07, 6.45) is 3.24. The number of carbonyl (C=O) groups is 1. The molecule has 0 saturated carbocycles. The molecule has 2 rings (SSSR count). The number of aliphatic hydroxyl groups excluding tert-OH is 1. The molecule has 1 atom stereocenters. The van der Waals surface area contributed by atoms with E-state index in [4.69, 9.17) is 5.11 Å². The predicted molar refractivity (Wildman–Crippen MR) is 60.3 cm³/mol. The van der Waals surface area contributed by atoms with Crippen LogP contribution >= 0.6 is 0 Å². The van der Waals surface area contributed by atoms with Gasteiger partial charge in [-0.15, -0.1) is 0 Å². The minimum absolute atomic E-state index is 0.212. The van der Waals surface area contributed by atoms with Crippen LogP contribution in [0.25, 0.3) is 0 Å². The van der Waals surface area contributed by atoms with Gasteiger partial charge in [0.05, 0.1) is 12.5 Å². The molecule has 1 aromatic carbocycles. The number of carboxylic acid groups (broad SMARTS) is 1.